The van der Waals surface area contributed by atoms with Gasteiger partial charge in [-0.2, -0.15) is 0 Å². The van der Waals surface area contributed by atoms with Gasteiger partial charge in [0.1, 0.15) is 6.61 Å². The minimum absolute atomic E-state index is 0.0717. The number of rotatable bonds is 7. The van der Waals surface area contributed by atoms with Crippen molar-refractivity contribution in [1.29, 1.82) is 0 Å². The molecule has 0 spiro atoms. The fraction of sp³-hybridized carbons (Fsp3) is 0.333. The van der Waals surface area contributed by atoms with Gasteiger partial charge in [-0.3, -0.25) is 4.79 Å². The van der Waals surface area contributed by atoms with Gasteiger partial charge in [-0.15, -0.1) is 0 Å². The molecule has 1 aliphatic heterocycles. The summed E-state index contributed by atoms with van der Waals surface area (Å²) in [6, 6.07) is 19.5. The van der Waals surface area contributed by atoms with Crippen LogP contribution in [0.3, 0.4) is 0 Å². The molecule has 0 atom stereocenters. The second kappa shape index (κ2) is 8.04. The minimum atomic E-state index is -0.824. The molecule has 0 bridgehead atoms. The van der Waals surface area contributed by atoms with Crippen molar-refractivity contribution in [2.75, 3.05) is 13.1 Å². The summed E-state index contributed by atoms with van der Waals surface area (Å²) < 4.78 is 5.33. The van der Waals surface area contributed by atoms with Gasteiger partial charge in [0.25, 0.3) is 0 Å². The molecule has 0 aliphatic carbocycles. The van der Waals surface area contributed by atoms with Crippen LogP contribution in [0.4, 0.5) is 4.79 Å². The van der Waals surface area contributed by atoms with Gasteiger partial charge in [0.05, 0.1) is 6.42 Å². The smallest absolute Gasteiger partial charge is 0.410 e. The normalized spacial score (nSPS) is 15.2. The Morgan fingerprint density at radius 2 is 1.54 bits per heavy atom. The zero-order chi connectivity index (χ0) is 18.4. The van der Waals surface area contributed by atoms with Crippen LogP contribution in [0.15, 0.2) is 60.7 Å². The van der Waals surface area contributed by atoms with E-state index in [0.717, 1.165) is 18.4 Å². The van der Waals surface area contributed by atoms with Crippen molar-refractivity contribution >= 4 is 12.1 Å². The SMILES string of the molecule is O=C(O)CC1(CCc2ccccc2)CN(C(=O)OCc2ccccc2)C1. The first-order valence-electron chi connectivity index (χ1n) is 8.78. The summed E-state index contributed by atoms with van der Waals surface area (Å²) in [4.78, 5) is 25.1. The van der Waals surface area contributed by atoms with Crippen LogP contribution in [0.25, 0.3) is 0 Å². The number of likely N-dealkylation sites (tertiary alicyclic amines) is 1. The van der Waals surface area contributed by atoms with Gasteiger partial charge in [0.2, 0.25) is 0 Å². The monoisotopic (exact) mass is 353 g/mol. The van der Waals surface area contributed by atoms with Crippen LogP contribution >= 0.6 is 0 Å². The van der Waals surface area contributed by atoms with Crippen LogP contribution < -0.4 is 0 Å². The Bertz CT molecular complexity index is 739. The third-order valence-corrected chi connectivity index (χ3v) is 4.83. The van der Waals surface area contributed by atoms with Crippen molar-refractivity contribution < 1.29 is 19.4 Å². The molecule has 0 unspecified atom stereocenters. The number of carbonyl (C=O) groups is 2. The molecule has 0 aromatic heterocycles. The average Bonchev–Trinajstić information content (AvgIpc) is 2.63. The lowest BCUT2D eigenvalue weighted by Gasteiger charge is -2.49. The van der Waals surface area contributed by atoms with E-state index in [1.54, 1.807) is 4.90 Å². The number of amides is 1. The Balaban J connectivity index is 1.52. The number of carbonyl (C=O) groups excluding carboxylic acids is 1. The molecule has 26 heavy (non-hydrogen) atoms. The van der Waals surface area contributed by atoms with Crippen LogP contribution in [0.2, 0.25) is 0 Å². The number of carboxylic acid groups (broad SMARTS) is 1. The summed E-state index contributed by atoms with van der Waals surface area (Å²) in [6.45, 7) is 1.09. The maximum absolute atomic E-state index is 12.2. The number of hydrogen-bond donors (Lipinski definition) is 1. The van der Waals surface area contributed by atoms with E-state index in [4.69, 9.17) is 4.74 Å². The van der Waals surface area contributed by atoms with E-state index >= 15 is 0 Å². The van der Waals surface area contributed by atoms with Crippen molar-refractivity contribution in [3.63, 3.8) is 0 Å². The fourth-order valence-corrected chi connectivity index (χ4v) is 3.44. The molecule has 5 nitrogen and oxygen atoms in total. The molecule has 2 aromatic carbocycles. The van der Waals surface area contributed by atoms with Gasteiger partial charge >= 0.3 is 12.1 Å². The predicted molar refractivity (Wildman–Crippen MR) is 97.6 cm³/mol. The molecule has 1 saturated heterocycles. The second-order valence-corrected chi connectivity index (χ2v) is 6.95. The lowest BCUT2D eigenvalue weighted by atomic mass is 9.73. The Morgan fingerprint density at radius 1 is 0.962 bits per heavy atom. The highest BCUT2D eigenvalue weighted by atomic mass is 16.6. The standard InChI is InChI=1S/C21H23NO4/c23-19(24)13-21(12-11-17-7-3-1-4-8-17)15-22(16-21)20(25)26-14-18-9-5-2-6-10-18/h1-10H,11-16H2,(H,23,24). The number of carboxylic acids is 1. The Kier molecular flexibility index (Phi) is 5.56. The Labute approximate surface area is 153 Å². The van der Waals surface area contributed by atoms with Crippen LogP contribution in [0, 0.1) is 5.41 Å². The number of benzene rings is 2. The highest BCUT2D eigenvalue weighted by Gasteiger charge is 2.46. The Hall–Kier alpha value is -2.82. The van der Waals surface area contributed by atoms with Gasteiger partial charge in [-0.25, -0.2) is 4.79 Å². The van der Waals surface area contributed by atoms with E-state index in [0.29, 0.717) is 13.1 Å². The molecule has 136 valence electrons. The first-order valence-corrected chi connectivity index (χ1v) is 8.78. The molecule has 5 heteroatoms. The van der Waals surface area contributed by atoms with Crippen molar-refractivity contribution in [2.45, 2.75) is 25.9 Å². The second-order valence-electron chi connectivity index (χ2n) is 6.95. The maximum atomic E-state index is 12.2. The molecule has 1 heterocycles. The van der Waals surface area contributed by atoms with Crippen LogP contribution in [-0.2, 0) is 22.6 Å². The summed E-state index contributed by atoms with van der Waals surface area (Å²) in [5.74, 6) is -0.824. The van der Waals surface area contributed by atoms with E-state index in [1.807, 2.05) is 60.7 Å². The van der Waals surface area contributed by atoms with E-state index in [9.17, 15) is 14.7 Å². The van der Waals surface area contributed by atoms with Crippen molar-refractivity contribution in [3.05, 3.63) is 71.8 Å². The lowest BCUT2D eigenvalue weighted by molar-refractivity contribution is -0.143. The topological polar surface area (TPSA) is 66.8 Å². The number of aryl methyl sites for hydroxylation is 1. The molecule has 1 N–H and O–H groups in total. The van der Waals surface area contributed by atoms with Crippen LogP contribution in [0.5, 0.6) is 0 Å². The van der Waals surface area contributed by atoms with E-state index in [-0.39, 0.29) is 24.5 Å². The first kappa shape index (κ1) is 18.0. The molecular weight excluding hydrogens is 330 g/mol. The van der Waals surface area contributed by atoms with Gasteiger partial charge in [0.15, 0.2) is 0 Å². The van der Waals surface area contributed by atoms with Gasteiger partial charge in [0, 0.05) is 18.5 Å². The Morgan fingerprint density at radius 3 is 2.12 bits per heavy atom. The highest BCUT2D eigenvalue weighted by molar-refractivity contribution is 5.71. The molecule has 0 saturated carbocycles. The van der Waals surface area contributed by atoms with Crippen molar-refractivity contribution in [3.8, 4) is 0 Å². The fourth-order valence-electron chi connectivity index (χ4n) is 3.44. The summed E-state index contributed by atoms with van der Waals surface area (Å²) >= 11 is 0. The zero-order valence-corrected chi connectivity index (χ0v) is 14.6. The average molecular weight is 353 g/mol. The number of hydrogen-bond acceptors (Lipinski definition) is 3. The van der Waals surface area contributed by atoms with Gasteiger partial charge in [-0.05, 0) is 24.0 Å². The molecule has 1 aliphatic rings. The van der Waals surface area contributed by atoms with Gasteiger partial charge in [-0.1, -0.05) is 60.7 Å². The van der Waals surface area contributed by atoms with E-state index < -0.39 is 5.97 Å². The first-order chi connectivity index (χ1) is 12.6. The van der Waals surface area contributed by atoms with Crippen LogP contribution in [-0.4, -0.2) is 35.2 Å². The van der Waals surface area contributed by atoms with Crippen molar-refractivity contribution in [1.82, 2.24) is 4.90 Å². The zero-order valence-electron chi connectivity index (χ0n) is 14.6. The van der Waals surface area contributed by atoms with Crippen LogP contribution in [0.1, 0.15) is 24.0 Å². The summed E-state index contributed by atoms with van der Waals surface area (Å²) in [5.41, 5.74) is 1.75. The minimum Gasteiger partial charge on any atom is -0.481 e. The highest BCUT2D eigenvalue weighted by Crippen LogP contribution is 2.39. The number of aliphatic carboxylic acids is 1. The molecule has 1 amide bonds. The molecule has 2 aromatic rings. The molecule has 0 radical (unpaired) electrons. The lowest BCUT2D eigenvalue weighted by Crippen LogP contribution is -2.59. The quantitative estimate of drug-likeness (QED) is 0.823. The summed E-state index contributed by atoms with van der Waals surface area (Å²) in [5, 5.41) is 9.25. The molecular formula is C21H23NO4. The predicted octanol–water partition coefficient (Wildman–Crippen LogP) is 3.73. The third-order valence-electron chi connectivity index (χ3n) is 4.83. The largest absolute Gasteiger partial charge is 0.481 e. The number of ether oxygens (including phenoxy) is 1. The van der Waals surface area contributed by atoms with Gasteiger partial charge < -0.3 is 14.7 Å². The van der Waals surface area contributed by atoms with E-state index in [1.165, 1.54) is 5.56 Å². The van der Waals surface area contributed by atoms with E-state index in [2.05, 4.69) is 0 Å². The number of nitrogens with zero attached hydrogens (tertiary/aromatic N) is 1. The third kappa shape index (κ3) is 4.63. The molecule has 3 rings (SSSR count). The maximum Gasteiger partial charge on any atom is 0.410 e. The van der Waals surface area contributed by atoms with Crippen molar-refractivity contribution in [2.24, 2.45) is 5.41 Å². The molecule has 1 fully saturated rings. The summed E-state index contributed by atoms with van der Waals surface area (Å²) in [6.07, 6.45) is 1.24. The summed E-state index contributed by atoms with van der Waals surface area (Å²) in [7, 11) is 0.